The number of aliphatic hydroxyl groups excluding tert-OH is 2. The summed E-state index contributed by atoms with van der Waals surface area (Å²) in [5, 5.41) is 27.4. The van der Waals surface area contributed by atoms with Gasteiger partial charge in [0.2, 0.25) is 0 Å². The van der Waals surface area contributed by atoms with Crippen molar-refractivity contribution in [3.05, 3.63) is 35.4 Å². The highest BCUT2D eigenvalue weighted by molar-refractivity contribution is 5.37. The Bertz CT molecular complexity index is 432. The summed E-state index contributed by atoms with van der Waals surface area (Å²) in [4.78, 5) is 1.98. The highest BCUT2D eigenvalue weighted by Gasteiger charge is 2.23. The zero-order chi connectivity index (χ0) is 14.3. The van der Waals surface area contributed by atoms with Crippen LogP contribution in [0.15, 0.2) is 24.3 Å². The minimum atomic E-state index is -0.541. The lowest BCUT2D eigenvalue weighted by Gasteiger charge is -2.25. The van der Waals surface area contributed by atoms with Gasteiger partial charge in [0.15, 0.2) is 0 Å². The lowest BCUT2D eigenvalue weighted by atomic mass is 9.83. The molecule has 0 aliphatic rings. The van der Waals surface area contributed by atoms with Crippen molar-refractivity contribution in [1.82, 2.24) is 4.90 Å². The summed E-state index contributed by atoms with van der Waals surface area (Å²) < 4.78 is 0. The quantitative estimate of drug-likeness (QED) is 0.776. The van der Waals surface area contributed by atoms with Gasteiger partial charge in [-0.25, -0.2) is 0 Å². The Labute approximate surface area is 114 Å². The topological polar surface area (TPSA) is 67.5 Å². The molecule has 0 radical (unpaired) electrons. The molecule has 0 fully saturated rings. The number of hydrogen-bond donors (Lipinski definition) is 2. The fraction of sp³-hybridized carbons (Fsp3) is 0.533. The van der Waals surface area contributed by atoms with Gasteiger partial charge in [-0.05, 0) is 25.0 Å². The second kappa shape index (κ2) is 7.25. The average molecular weight is 262 g/mol. The third kappa shape index (κ3) is 4.32. The fourth-order valence-electron chi connectivity index (χ4n) is 2.12. The first-order chi connectivity index (χ1) is 9.05. The Hall–Kier alpha value is -1.41. The van der Waals surface area contributed by atoms with Crippen LogP contribution in [0.5, 0.6) is 0 Å². The van der Waals surface area contributed by atoms with Crippen molar-refractivity contribution in [2.24, 2.45) is 0 Å². The van der Waals surface area contributed by atoms with Crippen LogP contribution in [-0.4, -0.2) is 41.4 Å². The third-order valence-corrected chi connectivity index (χ3v) is 3.20. The smallest absolute Gasteiger partial charge is 0.0769 e. The van der Waals surface area contributed by atoms with E-state index in [0.29, 0.717) is 19.6 Å². The van der Waals surface area contributed by atoms with Gasteiger partial charge in [0.05, 0.1) is 24.7 Å². The van der Waals surface area contributed by atoms with Crippen molar-refractivity contribution >= 4 is 0 Å². The lowest BCUT2D eigenvalue weighted by molar-refractivity contribution is 0.155. The summed E-state index contributed by atoms with van der Waals surface area (Å²) in [6.45, 7) is 5.57. The van der Waals surface area contributed by atoms with E-state index in [-0.39, 0.29) is 13.2 Å². The first-order valence-electron chi connectivity index (χ1n) is 6.49. The van der Waals surface area contributed by atoms with E-state index < -0.39 is 5.41 Å². The van der Waals surface area contributed by atoms with Gasteiger partial charge >= 0.3 is 0 Å². The molecular formula is C15H22N2O2. The van der Waals surface area contributed by atoms with Crippen LogP contribution >= 0.6 is 0 Å². The molecule has 0 saturated carbocycles. The largest absolute Gasteiger partial charge is 0.395 e. The minimum Gasteiger partial charge on any atom is -0.395 e. The van der Waals surface area contributed by atoms with Crippen molar-refractivity contribution in [2.75, 3.05) is 26.3 Å². The molecule has 1 rings (SSSR count). The first kappa shape index (κ1) is 15.6. The van der Waals surface area contributed by atoms with Crippen LogP contribution in [0.2, 0.25) is 0 Å². The van der Waals surface area contributed by atoms with Crippen LogP contribution in [-0.2, 0) is 12.0 Å². The molecule has 1 aromatic carbocycles. The van der Waals surface area contributed by atoms with Crippen LogP contribution in [0.3, 0.4) is 0 Å². The number of rotatable bonds is 7. The number of nitrogens with zero attached hydrogens (tertiary/aromatic N) is 2. The van der Waals surface area contributed by atoms with Crippen LogP contribution < -0.4 is 0 Å². The van der Waals surface area contributed by atoms with Gasteiger partial charge in [0.1, 0.15) is 0 Å². The Morgan fingerprint density at radius 2 is 1.74 bits per heavy atom. The molecule has 0 saturated heterocycles. The van der Waals surface area contributed by atoms with Crippen LogP contribution in [0.4, 0.5) is 0 Å². The van der Waals surface area contributed by atoms with Crippen molar-refractivity contribution in [3.8, 4) is 6.07 Å². The Balaban J connectivity index is 2.97. The number of aliphatic hydroxyl groups is 2. The molecule has 0 heterocycles. The molecule has 1 aromatic rings. The molecule has 19 heavy (non-hydrogen) atoms. The fourth-order valence-corrected chi connectivity index (χ4v) is 2.12. The molecule has 0 bridgehead atoms. The summed E-state index contributed by atoms with van der Waals surface area (Å²) >= 11 is 0. The van der Waals surface area contributed by atoms with E-state index in [2.05, 4.69) is 6.07 Å². The number of benzene rings is 1. The van der Waals surface area contributed by atoms with E-state index in [1.807, 2.05) is 43.0 Å². The molecule has 0 aliphatic carbocycles. The molecule has 4 nitrogen and oxygen atoms in total. The van der Waals surface area contributed by atoms with Crippen molar-refractivity contribution in [2.45, 2.75) is 25.8 Å². The van der Waals surface area contributed by atoms with E-state index in [9.17, 15) is 5.26 Å². The minimum absolute atomic E-state index is 0.0593. The van der Waals surface area contributed by atoms with Gasteiger partial charge in [-0.15, -0.1) is 0 Å². The zero-order valence-electron chi connectivity index (χ0n) is 11.6. The van der Waals surface area contributed by atoms with E-state index in [1.165, 1.54) is 0 Å². The van der Waals surface area contributed by atoms with Crippen molar-refractivity contribution in [3.63, 3.8) is 0 Å². The summed E-state index contributed by atoms with van der Waals surface area (Å²) in [6.07, 6.45) is 0. The van der Waals surface area contributed by atoms with Crippen molar-refractivity contribution < 1.29 is 10.2 Å². The molecule has 0 unspecified atom stereocenters. The van der Waals surface area contributed by atoms with Gasteiger partial charge in [-0.3, -0.25) is 4.90 Å². The molecule has 4 heteroatoms. The van der Waals surface area contributed by atoms with Gasteiger partial charge in [0, 0.05) is 19.6 Å². The SMILES string of the molecule is CC(C)(C#N)c1ccccc1CN(CCO)CCO. The monoisotopic (exact) mass is 262 g/mol. The Kier molecular flexibility index (Phi) is 5.97. The normalized spacial score (nSPS) is 11.6. The second-order valence-corrected chi connectivity index (χ2v) is 5.12. The predicted octanol–water partition coefficient (Wildman–Crippen LogP) is 1.27. The summed E-state index contributed by atoms with van der Waals surface area (Å²) in [7, 11) is 0. The maximum atomic E-state index is 9.27. The third-order valence-electron chi connectivity index (χ3n) is 3.20. The molecule has 0 spiro atoms. The van der Waals surface area contributed by atoms with Gasteiger partial charge in [-0.2, -0.15) is 5.26 Å². The Morgan fingerprint density at radius 3 is 2.26 bits per heavy atom. The van der Waals surface area contributed by atoms with Gasteiger partial charge in [-0.1, -0.05) is 24.3 Å². The maximum Gasteiger partial charge on any atom is 0.0769 e. The standard InChI is InChI=1S/C15H22N2O2/c1-15(2,12-16)14-6-4-3-5-13(14)11-17(7-9-18)8-10-19/h3-6,18-19H,7-11H2,1-2H3. The molecule has 0 amide bonds. The Morgan fingerprint density at radius 1 is 1.16 bits per heavy atom. The highest BCUT2D eigenvalue weighted by Crippen LogP contribution is 2.26. The first-order valence-corrected chi connectivity index (χ1v) is 6.49. The predicted molar refractivity (Wildman–Crippen MR) is 74.5 cm³/mol. The van der Waals surface area contributed by atoms with Crippen LogP contribution in [0.25, 0.3) is 0 Å². The second-order valence-electron chi connectivity index (χ2n) is 5.12. The van der Waals surface area contributed by atoms with Crippen molar-refractivity contribution in [1.29, 1.82) is 5.26 Å². The highest BCUT2D eigenvalue weighted by atomic mass is 16.3. The molecule has 104 valence electrons. The molecule has 0 aliphatic heterocycles. The van der Waals surface area contributed by atoms with Gasteiger partial charge in [0.25, 0.3) is 0 Å². The van der Waals surface area contributed by atoms with E-state index in [0.717, 1.165) is 11.1 Å². The van der Waals surface area contributed by atoms with E-state index >= 15 is 0 Å². The summed E-state index contributed by atoms with van der Waals surface area (Å²) in [5.74, 6) is 0. The number of nitriles is 1. The molecule has 2 N–H and O–H groups in total. The van der Waals surface area contributed by atoms with Gasteiger partial charge < -0.3 is 10.2 Å². The van der Waals surface area contributed by atoms with E-state index in [4.69, 9.17) is 10.2 Å². The van der Waals surface area contributed by atoms with Crippen LogP contribution in [0, 0.1) is 11.3 Å². The molecule has 0 atom stereocenters. The summed E-state index contributed by atoms with van der Waals surface area (Å²) in [5.41, 5.74) is 1.52. The van der Waals surface area contributed by atoms with E-state index in [1.54, 1.807) is 0 Å². The molecule has 0 aromatic heterocycles. The average Bonchev–Trinajstić information content (AvgIpc) is 2.40. The zero-order valence-corrected chi connectivity index (χ0v) is 11.6. The summed E-state index contributed by atoms with van der Waals surface area (Å²) in [6, 6.07) is 10.2. The lowest BCUT2D eigenvalue weighted by Crippen LogP contribution is -2.30. The van der Waals surface area contributed by atoms with Crippen LogP contribution in [0.1, 0.15) is 25.0 Å². The number of hydrogen-bond acceptors (Lipinski definition) is 4. The molecular weight excluding hydrogens is 240 g/mol. The maximum absolute atomic E-state index is 9.27.